The molecule has 1 aromatic rings. The van der Waals surface area contributed by atoms with Crippen LogP contribution < -0.4 is 10.1 Å². The van der Waals surface area contributed by atoms with Gasteiger partial charge in [0, 0.05) is 12.1 Å². The van der Waals surface area contributed by atoms with Gasteiger partial charge in [-0.1, -0.05) is 33.1 Å². The first-order valence-electron chi connectivity index (χ1n) is 7.40. The van der Waals surface area contributed by atoms with Gasteiger partial charge in [0.2, 0.25) is 5.88 Å². The van der Waals surface area contributed by atoms with Crippen molar-refractivity contribution >= 4 is 5.82 Å². The van der Waals surface area contributed by atoms with Crippen LogP contribution in [0.15, 0.2) is 12.4 Å². The molecule has 0 aromatic carbocycles. The van der Waals surface area contributed by atoms with Crippen LogP contribution in [0.3, 0.4) is 0 Å². The topological polar surface area (TPSA) is 47.0 Å². The normalized spacial score (nSPS) is 12.5. The van der Waals surface area contributed by atoms with Gasteiger partial charge >= 0.3 is 0 Å². The van der Waals surface area contributed by atoms with E-state index in [2.05, 4.69) is 29.1 Å². The highest BCUT2D eigenvalue weighted by molar-refractivity contribution is 5.38. The molecule has 0 aliphatic heterocycles. The fourth-order valence-electron chi connectivity index (χ4n) is 2.02. The molecule has 1 rings (SSSR count). The fraction of sp³-hybridized carbons (Fsp3) is 0.733. The largest absolute Gasteiger partial charge is 0.475 e. The molecule has 19 heavy (non-hydrogen) atoms. The molecular formula is C15H27N3O. The monoisotopic (exact) mass is 265 g/mol. The second-order valence-corrected chi connectivity index (χ2v) is 5.18. The molecular weight excluding hydrogens is 238 g/mol. The van der Waals surface area contributed by atoms with E-state index in [-0.39, 0.29) is 6.10 Å². The predicted molar refractivity (Wildman–Crippen MR) is 79.6 cm³/mol. The minimum Gasteiger partial charge on any atom is -0.475 e. The number of ether oxygens (including phenoxy) is 1. The maximum absolute atomic E-state index is 5.59. The van der Waals surface area contributed by atoms with Gasteiger partial charge in [0.05, 0.1) is 6.10 Å². The summed E-state index contributed by atoms with van der Waals surface area (Å²) in [6, 6.07) is 2.38. The molecule has 1 atom stereocenters. The van der Waals surface area contributed by atoms with Crippen LogP contribution in [0, 0.1) is 0 Å². The van der Waals surface area contributed by atoms with E-state index >= 15 is 0 Å². The Morgan fingerprint density at radius 3 is 2.58 bits per heavy atom. The Kier molecular flexibility index (Phi) is 7.23. The average molecular weight is 265 g/mol. The van der Waals surface area contributed by atoms with Crippen molar-refractivity contribution in [1.29, 1.82) is 0 Å². The first kappa shape index (κ1) is 15.7. The molecule has 108 valence electrons. The number of nitrogens with one attached hydrogen (secondary N) is 1. The van der Waals surface area contributed by atoms with E-state index in [1.807, 2.05) is 19.9 Å². The average Bonchev–Trinajstić information content (AvgIpc) is 2.36. The maximum atomic E-state index is 5.59. The maximum Gasteiger partial charge on any atom is 0.218 e. The summed E-state index contributed by atoms with van der Waals surface area (Å²) in [5.74, 6) is 1.50. The SMILES string of the molecule is CCCCC(CCC)Nc1cc(OC(C)C)ncn1. The summed E-state index contributed by atoms with van der Waals surface area (Å²) in [6.45, 7) is 8.43. The third kappa shape index (κ3) is 6.41. The van der Waals surface area contributed by atoms with E-state index in [9.17, 15) is 0 Å². The lowest BCUT2D eigenvalue weighted by Crippen LogP contribution is -2.20. The van der Waals surface area contributed by atoms with Crippen LogP contribution in [0.4, 0.5) is 5.82 Å². The molecule has 0 spiro atoms. The minimum absolute atomic E-state index is 0.134. The Hall–Kier alpha value is -1.32. The van der Waals surface area contributed by atoms with Crippen LogP contribution in [0.2, 0.25) is 0 Å². The fourth-order valence-corrected chi connectivity index (χ4v) is 2.02. The van der Waals surface area contributed by atoms with Crippen LogP contribution in [0.1, 0.15) is 59.8 Å². The van der Waals surface area contributed by atoms with Crippen molar-refractivity contribution in [2.45, 2.75) is 71.9 Å². The van der Waals surface area contributed by atoms with Gasteiger partial charge in [-0.15, -0.1) is 0 Å². The van der Waals surface area contributed by atoms with Gasteiger partial charge in [-0.3, -0.25) is 0 Å². The third-order valence-corrected chi connectivity index (χ3v) is 2.89. The van der Waals surface area contributed by atoms with E-state index in [4.69, 9.17) is 4.74 Å². The van der Waals surface area contributed by atoms with Crippen molar-refractivity contribution in [3.8, 4) is 5.88 Å². The predicted octanol–water partition coefficient (Wildman–Crippen LogP) is 4.03. The molecule has 0 saturated carbocycles. The second-order valence-electron chi connectivity index (χ2n) is 5.18. The lowest BCUT2D eigenvalue weighted by molar-refractivity contribution is 0.232. The number of aromatic nitrogens is 2. The molecule has 1 aromatic heterocycles. The van der Waals surface area contributed by atoms with Crippen LogP contribution in [-0.2, 0) is 0 Å². The second kappa shape index (κ2) is 8.73. The van der Waals surface area contributed by atoms with Crippen LogP contribution in [-0.4, -0.2) is 22.1 Å². The van der Waals surface area contributed by atoms with E-state index in [1.165, 1.54) is 32.1 Å². The lowest BCUT2D eigenvalue weighted by atomic mass is 10.1. The number of hydrogen-bond acceptors (Lipinski definition) is 4. The van der Waals surface area contributed by atoms with Crippen molar-refractivity contribution in [2.24, 2.45) is 0 Å². The van der Waals surface area contributed by atoms with Crippen molar-refractivity contribution in [3.05, 3.63) is 12.4 Å². The van der Waals surface area contributed by atoms with Crippen LogP contribution in [0.5, 0.6) is 5.88 Å². The van der Waals surface area contributed by atoms with Crippen molar-refractivity contribution in [2.75, 3.05) is 5.32 Å². The quantitative estimate of drug-likeness (QED) is 0.732. The van der Waals surface area contributed by atoms with E-state index in [0.717, 1.165) is 5.82 Å². The molecule has 4 heteroatoms. The standard InChI is InChI=1S/C15H27N3O/c1-5-7-9-13(8-6-2)18-14-10-15(17-11-16-14)19-12(3)4/h10-13H,5-9H2,1-4H3,(H,16,17,18). The summed E-state index contributed by atoms with van der Waals surface area (Å²) in [5.41, 5.74) is 0. The van der Waals surface area contributed by atoms with E-state index in [1.54, 1.807) is 6.33 Å². The summed E-state index contributed by atoms with van der Waals surface area (Å²) in [6.07, 6.45) is 7.71. The molecule has 0 aliphatic rings. The lowest BCUT2D eigenvalue weighted by Gasteiger charge is -2.18. The van der Waals surface area contributed by atoms with Crippen molar-refractivity contribution < 1.29 is 4.74 Å². The summed E-state index contributed by atoms with van der Waals surface area (Å²) in [5, 5.41) is 3.50. The van der Waals surface area contributed by atoms with Gasteiger partial charge in [0.25, 0.3) is 0 Å². The number of nitrogens with zero attached hydrogens (tertiary/aromatic N) is 2. The number of unbranched alkanes of at least 4 members (excludes halogenated alkanes) is 1. The summed E-state index contributed by atoms with van der Waals surface area (Å²) >= 11 is 0. The van der Waals surface area contributed by atoms with Gasteiger partial charge in [-0.2, -0.15) is 0 Å². The Labute approximate surface area is 117 Å². The number of anilines is 1. The molecule has 0 aliphatic carbocycles. The van der Waals surface area contributed by atoms with Gasteiger partial charge in [-0.25, -0.2) is 9.97 Å². The first-order chi connectivity index (χ1) is 9.15. The minimum atomic E-state index is 0.134. The third-order valence-electron chi connectivity index (χ3n) is 2.89. The molecule has 0 fully saturated rings. The molecule has 1 heterocycles. The van der Waals surface area contributed by atoms with Crippen molar-refractivity contribution in [1.82, 2.24) is 9.97 Å². The summed E-state index contributed by atoms with van der Waals surface area (Å²) < 4.78 is 5.59. The Morgan fingerprint density at radius 2 is 1.95 bits per heavy atom. The van der Waals surface area contributed by atoms with Crippen LogP contribution in [0.25, 0.3) is 0 Å². The zero-order valence-corrected chi connectivity index (χ0v) is 12.6. The smallest absolute Gasteiger partial charge is 0.218 e. The van der Waals surface area contributed by atoms with Gasteiger partial charge in [-0.05, 0) is 26.7 Å². The Morgan fingerprint density at radius 1 is 1.16 bits per heavy atom. The molecule has 1 unspecified atom stereocenters. The van der Waals surface area contributed by atoms with Crippen LogP contribution >= 0.6 is 0 Å². The zero-order chi connectivity index (χ0) is 14.1. The van der Waals surface area contributed by atoms with E-state index in [0.29, 0.717) is 11.9 Å². The Bertz CT molecular complexity index is 355. The van der Waals surface area contributed by atoms with Gasteiger partial charge in [0.15, 0.2) is 0 Å². The highest BCUT2D eigenvalue weighted by atomic mass is 16.5. The molecule has 0 saturated heterocycles. The molecule has 4 nitrogen and oxygen atoms in total. The highest BCUT2D eigenvalue weighted by Crippen LogP contribution is 2.17. The number of hydrogen-bond donors (Lipinski definition) is 1. The molecule has 0 radical (unpaired) electrons. The highest BCUT2D eigenvalue weighted by Gasteiger charge is 2.09. The molecule has 0 bridgehead atoms. The zero-order valence-electron chi connectivity index (χ0n) is 12.6. The van der Waals surface area contributed by atoms with Crippen molar-refractivity contribution in [3.63, 3.8) is 0 Å². The first-order valence-corrected chi connectivity index (χ1v) is 7.40. The van der Waals surface area contributed by atoms with Gasteiger partial charge in [0.1, 0.15) is 12.1 Å². The molecule has 1 N–H and O–H groups in total. The van der Waals surface area contributed by atoms with Gasteiger partial charge < -0.3 is 10.1 Å². The Balaban J connectivity index is 2.61. The molecule has 0 amide bonds. The van der Waals surface area contributed by atoms with E-state index < -0.39 is 0 Å². The summed E-state index contributed by atoms with van der Waals surface area (Å²) in [7, 11) is 0. The number of rotatable bonds is 9. The summed E-state index contributed by atoms with van der Waals surface area (Å²) in [4.78, 5) is 8.40.